The van der Waals surface area contributed by atoms with E-state index in [9.17, 15) is 13.2 Å². The minimum absolute atomic E-state index is 0.0117. The van der Waals surface area contributed by atoms with Crippen molar-refractivity contribution < 1.29 is 13.2 Å². The molecule has 0 atom stereocenters. The Labute approximate surface area is 93.7 Å². The van der Waals surface area contributed by atoms with Crippen LogP contribution in [0, 0.1) is 6.92 Å². The molecule has 1 amide bonds. The average Bonchev–Trinajstić information content (AvgIpc) is 2.19. The molecule has 0 spiro atoms. The number of aryl methyl sites for hydroxylation is 1. The topological polar surface area (TPSA) is 115 Å². The van der Waals surface area contributed by atoms with Gasteiger partial charge in [0.15, 0.2) is 0 Å². The zero-order valence-electron chi connectivity index (χ0n) is 8.73. The lowest BCUT2D eigenvalue weighted by atomic mass is 10.2. The van der Waals surface area contributed by atoms with E-state index in [1.54, 1.807) is 19.1 Å². The number of carbonyl (C=O) groups excluding carboxylic acids is 1. The van der Waals surface area contributed by atoms with E-state index < -0.39 is 15.9 Å². The van der Waals surface area contributed by atoms with Gasteiger partial charge in [-0.2, -0.15) is 0 Å². The van der Waals surface area contributed by atoms with Gasteiger partial charge in [0, 0.05) is 5.69 Å². The first-order valence-corrected chi connectivity index (χ1v) is 6.02. The van der Waals surface area contributed by atoms with Crippen molar-refractivity contribution in [3.63, 3.8) is 0 Å². The highest BCUT2D eigenvalue weighted by molar-refractivity contribution is 7.89. The van der Waals surface area contributed by atoms with Gasteiger partial charge in [-0.15, -0.1) is 0 Å². The fraction of sp³-hybridized carbons (Fsp3) is 0.222. The summed E-state index contributed by atoms with van der Waals surface area (Å²) in [4.78, 5) is 11.0. The molecule has 0 radical (unpaired) electrons. The maximum Gasteiger partial charge on any atom is 0.238 e. The smallest absolute Gasteiger partial charge is 0.238 e. The Hall–Kier alpha value is -1.44. The summed E-state index contributed by atoms with van der Waals surface area (Å²) in [6, 6.07) is 4.45. The normalized spacial score (nSPS) is 11.2. The lowest BCUT2D eigenvalue weighted by Crippen LogP contribution is -2.22. The van der Waals surface area contributed by atoms with E-state index in [1.165, 1.54) is 6.07 Å². The highest BCUT2D eigenvalue weighted by atomic mass is 32.2. The van der Waals surface area contributed by atoms with E-state index in [1.807, 2.05) is 0 Å². The SMILES string of the molecule is Cc1ccc(NC(=O)CN)cc1S(N)(=O)=O. The number of primary sulfonamides is 1. The predicted molar refractivity (Wildman–Crippen MR) is 60.2 cm³/mol. The minimum Gasteiger partial charge on any atom is -0.325 e. The van der Waals surface area contributed by atoms with Crippen molar-refractivity contribution >= 4 is 21.6 Å². The summed E-state index contributed by atoms with van der Waals surface area (Å²) >= 11 is 0. The van der Waals surface area contributed by atoms with Crippen molar-refractivity contribution in [2.24, 2.45) is 10.9 Å². The highest BCUT2D eigenvalue weighted by Gasteiger charge is 2.12. The van der Waals surface area contributed by atoms with Gasteiger partial charge in [-0.1, -0.05) is 6.07 Å². The fourth-order valence-electron chi connectivity index (χ4n) is 1.20. The molecule has 0 aromatic heterocycles. The van der Waals surface area contributed by atoms with Gasteiger partial charge in [-0.25, -0.2) is 13.6 Å². The van der Waals surface area contributed by atoms with Gasteiger partial charge in [0.2, 0.25) is 15.9 Å². The second-order valence-electron chi connectivity index (χ2n) is 3.28. The van der Waals surface area contributed by atoms with Crippen LogP contribution in [-0.4, -0.2) is 20.9 Å². The zero-order chi connectivity index (χ0) is 12.3. The number of nitrogens with two attached hydrogens (primary N) is 2. The number of amides is 1. The van der Waals surface area contributed by atoms with Crippen LogP contribution in [0.2, 0.25) is 0 Å². The number of rotatable bonds is 3. The summed E-state index contributed by atoms with van der Waals surface area (Å²) in [5.74, 6) is -0.399. The molecule has 0 aliphatic heterocycles. The molecule has 0 saturated heterocycles. The summed E-state index contributed by atoms with van der Waals surface area (Å²) in [7, 11) is -3.78. The Balaban J connectivity index is 3.13. The molecule has 0 unspecified atom stereocenters. The van der Waals surface area contributed by atoms with Crippen LogP contribution in [0.3, 0.4) is 0 Å². The lowest BCUT2D eigenvalue weighted by molar-refractivity contribution is -0.114. The Bertz CT molecular complexity index is 511. The Morgan fingerprint density at radius 2 is 2.06 bits per heavy atom. The van der Waals surface area contributed by atoms with Crippen molar-refractivity contribution in [3.05, 3.63) is 23.8 Å². The summed E-state index contributed by atoms with van der Waals surface area (Å²) in [5.41, 5.74) is 5.99. The van der Waals surface area contributed by atoms with Crippen LogP contribution in [-0.2, 0) is 14.8 Å². The first-order chi connectivity index (χ1) is 7.34. The van der Waals surface area contributed by atoms with Gasteiger partial charge in [0.05, 0.1) is 11.4 Å². The monoisotopic (exact) mass is 243 g/mol. The fourth-order valence-corrected chi connectivity index (χ4v) is 2.00. The number of hydrogen-bond donors (Lipinski definition) is 3. The number of hydrogen-bond acceptors (Lipinski definition) is 4. The Morgan fingerprint density at radius 1 is 1.44 bits per heavy atom. The van der Waals surface area contributed by atoms with Crippen molar-refractivity contribution in [1.82, 2.24) is 0 Å². The van der Waals surface area contributed by atoms with Gasteiger partial charge < -0.3 is 11.1 Å². The predicted octanol–water partition coefficient (Wildman–Crippen LogP) is -0.460. The molecule has 7 heteroatoms. The molecule has 0 bridgehead atoms. The molecule has 0 aliphatic rings. The first-order valence-electron chi connectivity index (χ1n) is 4.48. The standard InChI is InChI=1S/C9H13N3O3S/c1-6-2-3-7(12-9(13)5-10)4-8(6)16(11,14)15/h2-4H,5,10H2,1H3,(H,12,13)(H2,11,14,15). The second kappa shape index (κ2) is 4.60. The molecule has 0 saturated carbocycles. The molecule has 88 valence electrons. The van der Waals surface area contributed by atoms with Crippen molar-refractivity contribution in [2.45, 2.75) is 11.8 Å². The summed E-state index contributed by atoms with van der Waals surface area (Å²) in [6.45, 7) is 1.45. The van der Waals surface area contributed by atoms with Gasteiger partial charge in [-0.3, -0.25) is 4.79 Å². The molecule has 0 aliphatic carbocycles. The van der Waals surface area contributed by atoms with Crippen LogP contribution in [0.15, 0.2) is 23.1 Å². The van der Waals surface area contributed by atoms with Gasteiger partial charge in [0.1, 0.15) is 0 Å². The van der Waals surface area contributed by atoms with Crippen LogP contribution in [0.25, 0.3) is 0 Å². The summed E-state index contributed by atoms with van der Waals surface area (Å²) < 4.78 is 22.4. The molecule has 6 nitrogen and oxygen atoms in total. The summed E-state index contributed by atoms with van der Waals surface area (Å²) in [5, 5.41) is 7.47. The third-order valence-electron chi connectivity index (χ3n) is 1.96. The molecular weight excluding hydrogens is 230 g/mol. The van der Waals surface area contributed by atoms with Gasteiger partial charge >= 0.3 is 0 Å². The van der Waals surface area contributed by atoms with E-state index in [0.717, 1.165) is 0 Å². The van der Waals surface area contributed by atoms with Crippen LogP contribution in [0.5, 0.6) is 0 Å². The number of benzene rings is 1. The van der Waals surface area contributed by atoms with Crippen LogP contribution in [0.4, 0.5) is 5.69 Å². The molecule has 1 rings (SSSR count). The third kappa shape index (κ3) is 3.02. The number of anilines is 1. The van der Waals surface area contributed by atoms with Crippen LogP contribution in [0.1, 0.15) is 5.56 Å². The lowest BCUT2D eigenvalue weighted by Gasteiger charge is -2.07. The maximum atomic E-state index is 11.2. The molecule has 0 heterocycles. The minimum atomic E-state index is -3.78. The molecule has 1 aromatic rings. The molecular formula is C9H13N3O3S. The van der Waals surface area contributed by atoms with E-state index >= 15 is 0 Å². The van der Waals surface area contributed by atoms with E-state index in [0.29, 0.717) is 11.3 Å². The highest BCUT2D eigenvalue weighted by Crippen LogP contribution is 2.18. The quantitative estimate of drug-likeness (QED) is 0.666. The van der Waals surface area contributed by atoms with Crippen LogP contribution >= 0.6 is 0 Å². The second-order valence-corrected chi connectivity index (χ2v) is 4.81. The van der Waals surface area contributed by atoms with Crippen molar-refractivity contribution in [1.29, 1.82) is 0 Å². The van der Waals surface area contributed by atoms with Crippen LogP contribution < -0.4 is 16.2 Å². The zero-order valence-corrected chi connectivity index (χ0v) is 9.54. The average molecular weight is 243 g/mol. The van der Waals surface area contributed by atoms with Gasteiger partial charge in [0.25, 0.3) is 0 Å². The first kappa shape index (κ1) is 12.6. The van der Waals surface area contributed by atoms with E-state index in [2.05, 4.69) is 5.32 Å². The molecule has 16 heavy (non-hydrogen) atoms. The Morgan fingerprint density at radius 3 is 2.56 bits per heavy atom. The van der Waals surface area contributed by atoms with Crippen molar-refractivity contribution in [3.8, 4) is 0 Å². The largest absolute Gasteiger partial charge is 0.325 e. The van der Waals surface area contributed by atoms with E-state index in [-0.39, 0.29) is 11.4 Å². The molecule has 0 fully saturated rings. The van der Waals surface area contributed by atoms with Gasteiger partial charge in [-0.05, 0) is 24.6 Å². The van der Waals surface area contributed by atoms with E-state index in [4.69, 9.17) is 10.9 Å². The number of carbonyl (C=O) groups is 1. The Kier molecular flexibility index (Phi) is 3.63. The number of sulfonamides is 1. The molecule has 5 N–H and O–H groups in total. The van der Waals surface area contributed by atoms with Crippen molar-refractivity contribution in [2.75, 3.05) is 11.9 Å². The number of nitrogens with one attached hydrogen (secondary N) is 1. The third-order valence-corrected chi connectivity index (χ3v) is 3.02. The summed E-state index contributed by atoms with van der Waals surface area (Å²) in [6.07, 6.45) is 0. The maximum absolute atomic E-state index is 11.2. The molecule has 1 aromatic carbocycles.